The summed E-state index contributed by atoms with van der Waals surface area (Å²) >= 11 is 0. The van der Waals surface area contributed by atoms with Crippen LogP contribution in [-0.4, -0.2) is 33.0 Å². The SMILES string of the molecule is COC(=O)C1C(c2ccc(N)cc2)C(S(C)(=O)=O)C1c1ccc(N)cc1. The van der Waals surface area contributed by atoms with Crippen molar-refractivity contribution in [3.63, 3.8) is 0 Å². The quantitative estimate of drug-likeness (QED) is 0.625. The third kappa shape index (κ3) is 3.14. The summed E-state index contributed by atoms with van der Waals surface area (Å²) in [6.45, 7) is 0. The van der Waals surface area contributed by atoms with Crippen molar-refractivity contribution >= 4 is 27.2 Å². The number of hydrogen-bond acceptors (Lipinski definition) is 6. The van der Waals surface area contributed by atoms with Crippen LogP contribution in [0.2, 0.25) is 0 Å². The first-order chi connectivity index (χ1) is 12.2. The van der Waals surface area contributed by atoms with Crippen LogP contribution in [0.1, 0.15) is 23.0 Å². The van der Waals surface area contributed by atoms with E-state index < -0.39 is 38.8 Å². The maximum Gasteiger partial charge on any atom is 0.309 e. The van der Waals surface area contributed by atoms with Crippen LogP contribution < -0.4 is 11.5 Å². The molecule has 2 aromatic carbocycles. The van der Waals surface area contributed by atoms with E-state index in [-0.39, 0.29) is 0 Å². The molecule has 0 radical (unpaired) electrons. The molecule has 6 nitrogen and oxygen atoms in total. The fourth-order valence-corrected chi connectivity index (χ4v) is 5.62. The van der Waals surface area contributed by atoms with Crippen molar-refractivity contribution in [2.75, 3.05) is 24.8 Å². The fourth-order valence-electron chi connectivity index (χ4n) is 3.90. The molecule has 0 heterocycles. The highest BCUT2D eigenvalue weighted by Crippen LogP contribution is 2.56. The van der Waals surface area contributed by atoms with Crippen LogP contribution in [0.4, 0.5) is 11.4 Å². The fraction of sp³-hybridized carbons (Fsp3) is 0.316. The van der Waals surface area contributed by atoms with Gasteiger partial charge in [-0.2, -0.15) is 0 Å². The molecule has 1 fully saturated rings. The Morgan fingerprint density at radius 1 is 0.885 bits per heavy atom. The minimum Gasteiger partial charge on any atom is -0.469 e. The molecule has 0 saturated heterocycles. The second-order valence-electron chi connectivity index (χ2n) is 6.73. The number of esters is 1. The molecule has 138 valence electrons. The Balaban J connectivity index is 2.11. The van der Waals surface area contributed by atoms with E-state index in [0.29, 0.717) is 11.4 Å². The number of carbonyl (C=O) groups excluding carboxylic acids is 1. The van der Waals surface area contributed by atoms with E-state index in [1.54, 1.807) is 48.5 Å². The predicted octanol–water partition coefficient (Wildman–Crippen LogP) is 1.93. The van der Waals surface area contributed by atoms with Gasteiger partial charge in [0, 0.05) is 29.5 Å². The number of benzene rings is 2. The third-order valence-corrected chi connectivity index (χ3v) is 6.67. The first-order valence-corrected chi connectivity index (χ1v) is 10.2. The minimum absolute atomic E-state index is 0.423. The molecule has 1 saturated carbocycles. The summed E-state index contributed by atoms with van der Waals surface area (Å²) in [5.41, 5.74) is 14.2. The lowest BCUT2D eigenvalue weighted by Gasteiger charge is -2.49. The Morgan fingerprint density at radius 3 is 1.58 bits per heavy atom. The van der Waals surface area contributed by atoms with Crippen molar-refractivity contribution in [2.45, 2.75) is 17.1 Å². The molecule has 0 aliphatic heterocycles. The zero-order chi connectivity index (χ0) is 19.1. The van der Waals surface area contributed by atoms with Crippen LogP contribution in [0.15, 0.2) is 48.5 Å². The van der Waals surface area contributed by atoms with Gasteiger partial charge >= 0.3 is 5.97 Å². The molecule has 0 aromatic heterocycles. The van der Waals surface area contributed by atoms with E-state index in [1.807, 2.05) is 0 Å². The highest BCUT2D eigenvalue weighted by Gasteiger charge is 2.59. The average molecular weight is 374 g/mol. The number of anilines is 2. The second kappa shape index (κ2) is 6.64. The maximum atomic E-state index is 12.6. The Labute approximate surface area is 153 Å². The number of nitrogen functional groups attached to an aromatic ring is 2. The summed E-state index contributed by atoms with van der Waals surface area (Å²) in [4.78, 5) is 12.5. The Hall–Kier alpha value is -2.54. The number of sulfone groups is 1. The van der Waals surface area contributed by atoms with E-state index in [4.69, 9.17) is 16.2 Å². The molecule has 0 amide bonds. The Bertz CT molecular complexity index is 854. The number of ether oxygens (including phenoxy) is 1. The van der Waals surface area contributed by atoms with Crippen molar-refractivity contribution < 1.29 is 17.9 Å². The lowest BCUT2D eigenvalue weighted by Crippen LogP contribution is -2.55. The van der Waals surface area contributed by atoms with E-state index >= 15 is 0 Å². The second-order valence-corrected chi connectivity index (χ2v) is 8.93. The van der Waals surface area contributed by atoms with Crippen LogP contribution in [0.25, 0.3) is 0 Å². The van der Waals surface area contributed by atoms with Gasteiger partial charge in [-0.1, -0.05) is 24.3 Å². The van der Waals surface area contributed by atoms with Crippen molar-refractivity contribution in [1.29, 1.82) is 0 Å². The molecule has 3 rings (SSSR count). The van der Waals surface area contributed by atoms with Crippen LogP contribution in [0, 0.1) is 5.92 Å². The molecule has 1 aliphatic carbocycles. The van der Waals surface area contributed by atoms with E-state index in [0.717, 1.165) is 11.1 Å². The molecule has 2 unspecified atom stereocenters. The van der Waals surface area contributed by atoms with E-state index in [9.17, 15) is 13.2 Å². The molecular weight excluding hydrogens is 352 g/mol. The van der Waals surface area contributed by atoms with Gasteiger partial charge < -0.3 is 16.2 Å². The standard InChI is InChI=1S/C19H22N2O4S/c1-25-19(22)17-15(11-3-7-13(20)8-4-11)18(26(2,23)24)16(17)12-5-9-14(21)10-6-12/h3-10,15-18H,20-21H2,1-2H3. The molecule has 7 heteroatoms. The maximum absolute atomic E-state index is 12.6. The van der Waals surface area contributed by atoms with Gasteiger partial charge in [0.25, 0.3) is 0 Å². The monoisotopic (exact) mass is 374 g/mol. The van der Waals surface area contributed by atoms with Crippen LogP contribution in [0.5, 0.6) is 0 Å². The van der Waals surface area contributed by atoms with Crippen LogP contribution in [-0.2, 0) is 19.4 Å². The molecule has 1 aliphatic rings. The number of methoxy groups -OCH3 is 1. The number of hydrogen-bond donors (Lipinski definition) is 2. The first-order valence-electron chi connectivity index (χ1n) is 8.21. The molecule has 2 aromatic rings. The van der Waals surface area contributed by atoms with Gasteiger partial charge in [-0.25, -0.2) is 8.42 Å². The lowest BCUT2D eigenvalue weighted by molar-refractivity contribution is -0.150. The average Bonchev–Trinajstić information content (AvgIpc) is 2.56. The van der Waals surface area contributed by atoms with Gasteiger partial charge in [0.2, 0.25) is 0 Å². The molecule has 2 atom stereocenters. The van der Waals surface area contributed by atoms with Crippen molar-refractivity contribution in [3.05, 3.63) is 59.7 Å². The minimum atomic E-state index is -3.43. The molecule has 26 heavy (non-hydrogen) atoms. The summed E-state index contributed by atoms with van der Waals surface area (Å²) < 4.78 is 30.1. The van der Waals surface area contributed by atoms with Crippen molar-refractivity contribution in [3.8, 4) is 0 Å². The third-order valence-electron chi connectivity index (χ3n) is 5.09. The highest BCUT2D eigenvalue weighted by atomic mass is 32.2. The molecule has 4 N–H and O–H groups in total. The summed E-state index contributed by atoms with van der Waals surface area (Å²) in [5.74, 6) is -1.98. The van der Waals surface area contributed by atoms with E-state index in [1.165, 1.54) is 13.4 Å². The number of rotatable bonds is 4. The first kappa shape index (κ1) is 18.3. The summed E-state index contributed by atoms with van der Waals surface area (Å²) in [7, 11) is -2.11. The van der Waals surface area contributed by atoms with Gasteiger partial charge in [-0.3, -0.25) is 4.79 Å². The molecule has 0 bridgehead atoms. The Kier molecular flexibility index (Phi) is 4.66. The molecule has 0 spiro atoms. The number of carbonyl (C=O) groups is 1. The van der Waals surface area contributed by atoms with Crippen LogP contribution in [0.3, 0.4) is 0 Å². The molecular formula is C19H22N2O4S. The smallest absolute Gasteiger partial charge is 0.309 e. The zero-order valence-electron chi connectivity index (χ0n) is 14.6. The largest absolute Gasteiger partial charge is 0.469 e. The van der Waals surface area contributed by atoms with Gasteiger partial charge in [-0.15, -0.1) is 0 Å². The summed E-state index contributed by atoms with van der Waals surface area (Å²) in [5, 5.41) is -0.723. The summed E-state index contributed by atoms with van der Waals surface area (Å²) in [6.07, 6.45) is 1.21. The van der Waals surface area contributed by atoms with Gasteiger partial charge in [-0.05, 0) is 35.4 Å². The van der Waals surface area contributed by atoms with Crippen molar-refractivity contribution in [1.82, 2.24) is 0 Å². The normalized spacial score (nSPS) is 25.3. The number of nitrogens with two attached hydrogens (primary N) is 2. The predicted molar refractivity (Wildman–Crippen MR) is 101 cm³/mol. The lowest BCUT2D eigenvalue weighted by atomic mass is 9.59. The van der Waals surface area contributed by atoms with Crippen molar-refractivity contribution in [2.24, 2.45) is 5.92 Å². The van der Waals surface area contributed by atoms with Gasteiger partial charge in [0.05, 0.1) is 18.3 Å². The van der Waals surface area contributed by atoms with Crippen LogP contribution >= 0.6 is 0 Å². The van der Waals surface area contributed by atoms with Gasteiger partial charge in [0.15, 0.2) is 9.84 Å². The summed E-state index contributed by atoms with van der Waals surface area (Å²) in [6, 6.07) is 13.9. The van der Waals surface area contributed by atoms with Gasteiger partial charge in [0.1, 0.15) is 0 Å². The Morgan fingerprint density at radius 2 is 1.27 bits per heavy atom. The topological polar surface area (TPSA) is 112 Å². The highest BCUT2D eigenvalue weighted by molar-refractivity contribution is 7.91. The zero-order valence-corrected chi connectivity index (χ0v) is 15.4. The van der Waals surface area contributed by atoms with E-state index in [2.05, 4.69) is 0 Å².